The van der Waals surface area contributed by atoms with Gasteiger partial charge in [-0.1, -0.05) is 12.1 Å². The maximum absolute atomic E-state index is 12.6. The smallest absolute Gasteiger partial charge is 0.265 e. The van der Waals surface area contributed by atoms with Crippen molar-refractivity contribution in [2.75, 3.05) is 40.8 Å². The zero-order valence-electron chi connectivity index (χ0n) is 15.9. The van der Waals surface area contributed by atoms with E-state index >= 15 is 0 Å². The van der Waals surface area contributed by atoms with Gasteiger partial charge in [0.25, 0.3) is 5.91 Å². The van der Waals surface area contributed by atoms with Crippen LogP contribution in [-0.2, 0) is 11.2 Å². The molecule has 0 aromatic heterocycles. The van der Waals surface area contributed by atoms with Crippen molar-refractivity contribution < 1.29 is 9.53 Å². The van der Waals surface area contributed by atoms with Crippen molar-refractivity contribution in [1.82, 2.24) is 15.1 Å². The first-order valence-electron chi connectivity index (χ1n) is 8.97. The van der Waals surface area contributed by atoms with Crippen molar-refractivity contribution in [3.63, 3.8) is 0 Å². The van der Waals surface area contributed by atoms with E-state index in [4.69, 9.17) is 4.74 Å². The van der Waals surface area contributed by atoms with Gasteiger partial charge in [-0.2, -0.15) is 5.26 Å². The molecule has 26 heavy (non-hydrogen) atoms. The molecule has 1 saturated heterocycles. The summed E-state index contributed by atoms with van der Waals surface area (Å²) in [6.07, 6.45) is 4.24. The van der Waals surface area contributed by atoms with E-state index in [-0.39, 0.29) is 17.5 Å². The lowest BCUT2D eigenvalue weighted by Gasteiger charge is -2.34. The Labute approximate surface area is 156 Å². The fourth-order valence-corrected chi connectivity index (χ4v) is 3.06. The van der Waals surface area contributed by atoms with E-state index in [2.05, 4.69) is 17.3 Å². The number of nitrogens with one attached hydrogen (secondary N) is 1. The molecule has 0 spiro atoms. The van der Waals surface area contributed by atoms with Crippen LogP contribution in [0.2, 0.25) is 0 Å². The molecule has 1 aromatic rings. The van der Waals surface area contributed by atoms with Crippen LogP contribution in [0.4, 0.5) is 0 Å². The minimum Gasteiger partial charge on any atom is -0.497 e. The number of methoxy groups -OCH3 is 1. The summed E-state index contributed by atoms with van der Waals surface area (Å²) in [7, 11) is 5.52. The van der Waals surface area contributed by atoms with Gasteiger partial charge < -0.3 is 19.9 Å². The van der Waals surface area contributed by atoms with E-state index < -0.39 is 0 Å². The predicted molar refractivity (Wildman–Crippen MR) is 102 cm³/mol. The van der Waals surface area contributed by atoms with Crippen LogP contribution in [0.5, 0.6) is 5.75 Å². The Morgan fingerprint density at radius 2 is 2.04 bits per heavy atom. The van der Waals surface area contributed by atoms with Gasteiger partial charge in [-0.3, -0.25) is 4.79 Å². The van der Waals surface area contributed by atoms with Gasteiger partial charge in [0.05, 0.1) is 7.11 Å². The number of rotatable bonds is 7. The summed E-state index contributed by atoms with van der Waals surface area (Å²) in [4.78, 5) is 16.5. The van der Waals surface area contributed by atoms with E-state index in [1.807, 2.05) is 30.3 Å². The number of nitriles is 1. The van der Waals surface area contributed by atoms with E-state index in [9.17, 15) is 10.1 Å². The Morgan fingerprint density at radius 3 is 2.62 bits per heavy atom. The van der Waals surface area contributed by atoms with Crippen molar-refractivity contribution in [3.05, 3.63) is 41.6 Å². The van der Waals surface area contributed by atoms with Gasteiger partial charge in [0, 0.05) is 25.8 Å². The van der Waals surface area contributed by atoms with Gasteiger partial charge in [-0.05, 0) is 57.1 Å². The number of likely N-dealkylation sites (N-methyl/N-ethyl adjacent to an activating group) is 1. The molecule has 1 aliphatic rings. The summed E-state index contributed by atoms with van der Waals surface area (Å²) in [5.41, 5.74) is 1.32. The third kappa shape index (κ3) is 5.50. The van der Waals surface area contributed by atoms with Crippen molar-refractivity contribution in [2.45, 2.75) is 25.3 Å². The number of hydrogen-bond acceptors (Lipinski definition) is 5. The fraction of sp³-hybridized carbons (Fsp3) is 0.500. The molecule has 6 heteroatoms. The van der Waals surface area contributed by atoms with Gasteiger partial charge >= 0.3 is 0 Å². The van der Waals surface area contributed by atoms with Crippen LogP contribution in [0.3, 0.4) is 0 Å². The number of ether oxygens (including phenoxy) is 1. The summed E-state index contributed by atoms with van der Waals surface area (Å²) in [6.45, 7) is 2.62. The molecule has 0 radical (unpaired) electrons. The van der Waals surface area contributed by atoms with Crippen LogP contribution in [0.25, 0.3) is 0 Å². The van der Waals surface area contributed by atoms with E-state index in [1.165, 1.54) is 11.8 Å². The number of likely N-dealkylation sites (tertiary alicyclic amines) is 1. The second kappa shape index (κ2) is 9.83. The molecule has 0 bridgehead atoms. The second-order valence-corrected chi connectivity index (χ2v) is 6.67. The Kier molecular flexibility index (Phi) is 7.49. The van der Waals surface area contributed by atoms with Crippen molar-refractivity contribution in [2.24, 2.45) is 0 Å². The highest BCUT2D eigenvalue weighted by Gasteiger charge is 2.25. The number of nitrogens with zero attached hydrogens (tertiary/aromatic N) is 3. The van der Waals surface area contributed by atoms with Gasteiger partial charge in [0.15, 0.2) is 0 Å². The van der Waals surface area contributed by atoms with Crippen LogP contribution >= 0.6 is 0 Å². The lowest BCUT2D eigenvalue weighted by atomic mass is 10.0. The average Bonchev–Trinajstić information content (AvgIpc) is 2.68. The number of carbonyl (C=O) groups is 1. The molecule has 0 aliphatic carbocycles. The Bertz CT molecular complexity index is 655. The highest BCUT2D eigenvalue weighted by atomic mass is 16.5. The Hall–Kier alpha value is -2.52. The van der Waals surface area contributed by atoms with Gasteiger partial charge in [-0.25, -0.2) is 0 Å². The molecular formula is C20H28N4O2. The number of hydrogen-bond donors (Lipinski definition) is 1. The minimum absolute atomic E-state index is 0.154. The SMILES string of the molecule is COc1ccc(CCN/C=C(/C#N)C(=O)N(C)C2CCN(C)CC2)cc1. The number of piperidine rings is 1. The maximum atomic E-state index is 12.6. The van der Waals surface area contributed by atoms with Crippen molar-refractivity contribution in [1.29, 1.82) is 5.26 Å². The van der Waals surface area contributed by atoms with E-state index in [0.29, 0.717) is 6.54 Å². The summed E-state index contributed by atoms with van der Waals surface area (Å²) < 4.78 is 5.14. The van der Waals surface area contributed by atoms with Gasteiger partial charge in [-0.15, -0.1) is 0 Å². The third-order valence-electron chi connectivity index (χ3n) is 4.87. The van der Waals surface area contributed by atoms with E-state index in [1.54, 1.807) is 19.1 Å². The number of carbonyl (C=O) groups excluding carboxylic acids is 1. The zero-order valence-corrected chi connectivity index (χ0v) is 15.9. The summed E-state index contributed by atoms with van der Waals surface area (Å²) >= 11 is 0. The van der Waals surface area contributed by atoms with Gasteiger partial charge in [0.2, 0.25) is 0 Å². The maximum Gasteiger partial charge on any atom is 0.265 e. The van der Waals surface area contributed by atoms with Crippen LogP contribution in [0.1, 0.15) is 18.4 Å². The minimum atomic E-state index is -0.209. The predicted octanol–water partition coefficient (Wildman–Crippen LogP) is 1.79. The summed E-state index contributed by atoms with van der Waals surface area (Å²) in [6, 6.07) is 10.1. The molecule has 140 valence electrons. The first-order chi connectivity index (χ1) is 12.5. The normalized spacial score (nSPS) is 16.0. The lowest BCUT2D eigenvalue weighted by Crippen LogP contribution is -2.45. The molecule has 1 fully saturated rings. The van der Waals surface area contributed by atoms with Crippen LogP contribution < -0.4 is 10.1 Å². The van der Waals surface area contributed by atoms with Crippen molar-refractivity contribution in [3.8, 4) is 11.8 Å². The molecule has 1 aromatic carbocycles. The fourth-order valence-electron chi connectivity index (χ4n) is 3.06. The number of amides is 1. The lowest BCUT2D eigenvalue weighted by molar-refractivity contribution is -0.128. The molecular weight excluding hydrogens is 328 g/mol. The van der Waals surface area contributed by atoms with Gasteiger partial charge in [0.1, 0.15) is 17.4 Å². The van der Waals surface area contributed by atoms with Crippen molar-refractivity contribution >= 4 is 5.91 Å². The summed E-state index contributed by atoms with van der Waals surface area (Å²) in [5, 5.41) is 12.4. The highest BCUT2D eigenvalue weighted by Crippen LogP contribution is 2.16. The Morgan fingerprint density at radius 1 is 1.38 bits per heavy atom. The molecule has 1 heterocycles. The molecule has 1 aliphatic heterocycles. The quantitative estimate of drug-likeness (QED) is 0.458. The molecule has 0 unspecified atom stereocenters. The molecule has 0 atom stereocenters. The molecule has 1 N–H and O–H groups in total. The largest absolute Gasteiger partial charge is 0.497 e. The average molecular weight is 356 g/mol. The Balaban J connectivity index is 1.84. The molecule has 6 nitrogen and oxygen atoms in total. The standard InChI is InChI=1S/C20H28N4O2/c1-23-12-9-18(10-13-23)24(2)20(25)17(14-21)15-22-11-8-16-4-6-19(26-3)7-5-16/h4-7,15,18,22H,8-13H2,1-3H3/b17-15-. The first-order valence-corrected chi connectivity index (χ1v) is 8.97. The van der Waals surface area contributed by atoms with E-state index in [0.717, 1.165) is 38.1 Å². The molecule has 0 saturated carbocycles. The topological polar surface area (TPSA) is 68.6 Å². The molecule has 1 amide bonds. The number of benzene rings is 1. The monoisotopic (exact) mass is 356 g/mol. The first kappa shape index (κ1) is 19.8. The van der Waals surface area contributed by atoms with Crippen LogP contribution in [0.15, 0.2) is 36.0 Å². The second-order valence-electron chi connectivity index (χ2n) is 6.67. The zero-order chi connectivity index (χ0) is 18.9. The summed E-state index contributed by atoms with van der Waals surface area (Å²) in [5.74, 6) is 0.620. The molecule has 2 rings (SSSR count). The van der Waals surface area contributed by atoms with Crippen LogP contribution in [-0.4, -0.2) is 62.6 Å². The van der Waals surface area contributed by atoms with Crippen LogP contribution in [0, 0.1) is 11.3 Å². The highest BCUT2D eigenvalue weighted by molar-refractivity contribution is 5.97. The third-order valence-corrected chi connectivity index (χ3v) is 4.87.